The quantitative estimate of drug-likeness (QED) is 0.159. The summed E-state index contributed by atoms with van der Waals surface area (Å²) in [6, 6.07) is 6.48. The van der Waals surface area contributed by atoms with Crippen LogP contribution < -0.4 is 9.64 Å². The van der Waals surface area contributed by atoms with Crippen LogP contribution in [-0.2, 0) is 4.74 Å². The number of carbonyl (C=O) groups excluding carboxylic acids is 1. The molecule has 276 valence electrons. The Morgan fingerprint density at radius 3 is 2.68 bits per heavy atom. The van der Waals surface area contributed by atoms with E-state index in [1.165, 1.54) is 6.07 Å². The number of rotatable bonds is 4. The zero-order valence-electron chi connectivity index (χ0n) is 29.8. The van der Waals surface area contributed by atoms with Crippen LogP contribution in [-0.4, -0.2) is 92.5 Å². The third-order valence-corrected chi connectivity index (χ3v) is 11.8. The average molecular weight is 729 g/mol. The van der Waals surface area contributed by atoms with Crippen LogP contribution in [0.2, 0.25) is 0 Å². The SMILES string of the molecule is C#Cc1c(F)ccc2cccc(-c3nc4c5c(nc(OC[C@@]67CCCN6C[C@H](F)C7)nc5c3F)N3C[C@H]5CC[C@@H]([C@H]3C[C@@H]4F)N5C(=O)OC(C)(C)C)c12. The van der Waals surface area contributed by atoms with Gasteiger partial charge in [0, 0.05) is 36.9 Å². The highest BCUT2D eigenvalue weighted by Crippen LogP contribution is 2.49. The van der Waals surface area contributed by atoms with E-state index in [1.807, 2.05) is 4.90 Å². The predicted octanol–water partition coefficient (Wildman–Crippen LogP) is 7.43. The van der Waals surface area contributed by atoms with Crippen molar-refractivity contribution in [2.24, 2.45) is 0 Å². The fraction of sp³-hybridized carbons (Fsp3) is 0.500. The average Bonchev–Trinajstić information content (AvgIpc) is 3.73. The molecule has 1 amide bonds. The highest BCUT2D eigenvalue weighted by atomic mass is 19.1. The number of hydrogen-bond donors (Lipinski definition) is 0. The molecule has 53 heavy (non-hydrogen) atoms. The number of ether oxygens (including phenoxy) is 2. The topological polar surface area (TPSA) is 83.9 Å². The molecule has 9 nitrogen and oxygen atoms in total. The zero-order valence-corrected chi connectivity index (χ0v) is 29.8. The molecule has 9 rings (SSSR count). The van der Waals surface area contributed by atoms with Crippen molar-refractivity contribution in [3.63, 3.8) is 0 Å². The molecule has 5 aliphatic rings. The molecule has 4 saturated heterocycles. The minimum absolute atomic E-state index is 0.0562. The lowest BCUT2D eigenvalue weighted by Gasteiger charge is -2.47. The van der Waals surface area contributed by atoms with Gasteiger partial charge in [-0.15, -0.1) is 6.42 Å². The summed E-state index contributed by atoms with van der Waals surface area (Å²) in [7, 11) is 0. The van der Waals surface area contributed by atoms with Crippen molar-refractivity contribution in [2.45, 2.75) is 101 Å². The summed E-state index contributed by atoms with van der Waals surface area (Å²) in [5.41, 5.74) is -1.60. The monoisotopic (exact) mass is 728 g/mol. The molecule has 0 spiro atoms. The molecule has 2 aromatic carbocycles. The van der Waals surface area contributed by atoms with Gasteiger partial charge in [0.1, 0.15) is 47.4 Å². The Hall–Kier alpha value is -4.70. The number of piperazine rings is 1. The number of terminal acetylenes is 1. The van der Waals surface area contributed by atoms with E-state index < -0.39 is 53.3 Å². The molecular weight excluding hydrogens is 688 g/mol. The van der Waals surface area contributed by atoms with Crippen LogP contribution in [0.4, 0.5) is 28.2 Å². The minimum atomic E-state index is -1.71. The number of pyridine rings is 1. The Bertz CT molecular complexity index is 2220. The molecule has 6 atom stereocenters. The van der Waals surface area contributed by atoms with Gasteiger partial charge in [0.25, 0.3) is 0 Å². The Morgan fingerprint density at radius 2 is 1.89 bits per heavy atom. The Labute approximate surface area is 304 Å². The van der Waals surface area contributed by atoms with Gasteiger partial charge < -0.3 is 14.4 Å². The van der Waals surface area contributed by atoms with E-state index in [0.717, 1.165) is 19.4 Å². The lowest BCUT2D eigenvalue weighted by Crippen LogP contribution is -2.62. The Kier molecular flexibility index (Phi) is 7.82. The van der Waals surface area contributed by atoms with E-state index in [1.54, 1.807) is 49.9 Å². The molecule has 0 aliphatic carbocycles. The van der Waals surface area contributed by atoms with Crippen LogP contribution in [0.15, 0.2) is 30.3 Å². The smallest absolute Gasteiger partial charge is 0.410 e. The van der Waals surface area contributed by atoms with E-state index in [2.05, 4.69) is 20.8 Å². The van der Waals surface area contributed by atoms with Crippen molar-refractivity contribution >= 4 is 33.6 Å². The van der Waals surface area contributed by atoms with Crippen molar-refractivity contribution in [1.82, 2.24) is 24.8 Å². The van der Waals surface area contributed by atoms with Gasteiger partial charge in [-0.25, -0.2) is 27.3 Å². The molecule has 2 bridgehead atoms. The second-order valence-electron chi connectivity index (χ2n) is 16.2. The Morgan fingerprint density at radius 1 is 1.06 bits per heavy atom. The van der Waals surface area contributed by atoms with Gasteiger partial charge >= 0.3 is 12.1 Å². The first-order valence-corrected chi connectivity index (χ1v) is 18.4. The zero-order chi connectivity index (χ0) is 37.0. The number of benzene rings is 2. The lowest BCUT2D eigenvalue weighted by molar-refractivity contribution is 0.00599. The Balaban J connectivity index is 1.22. The maximum Gasteiger partial charge on any atom is 0.410 e. The summed E-state index contributed by atoms with van der Waals surface area (Å²) in [4.78, 5) is 33.5. The molecule has 0 unspecified atom stereocenters. The van der Waals surface area contributed by atoms with Crippen LogP contribution in [0, 0.1) is 24.0 Å². The third-order valence-electron chi connectivity index (χ3n) is 11.8. The number of nitrogens with zero attached hydrogens (tertiary/aromatic N) is 6. The van der Waals surface area contributed by atoms with Crippen LogP contribution in [0.3, 0.4) is 0 Å². The summed E-state index contributed by atoms with van der Waals surface area (Å²) in [5.74, 6) is 1.16. The van der Waals surface area contributed by atoms with Crippen LogP contribution >= 0.6 is 0 Å². The standard InChI is InChI=1S/C40H40F4N6O3/c1-5-24-26(42)12-10-21-8-6-9-25(30(21)24)33-32(44)35-31-34(45-33)27(43)16-29-28-13-11-23(50(28)38(51)53-39(2,3)4)19-49(29)36(31)47-37(46-35)52-20-40-14-7-15-48(40)18-22(41)17-40/h1,6,8-10,12,22-23,27-29H,7,11,13-20H2,2-4H3/t22-,23-,27+,28+,29-,40+/m1/s1. The number of alkyl halides is 2. The molecule has 5 aliphatic heterocycles. The molecule has 2 aromatic heterocycles. The number of carbonyl (C=O) groups is 1. The number of fused-ring (bicyclic) bond motifs is 7. The van der Waals surface area contributed by atoms with Crippen molar-refractivity contribution in [1.29, 1.82) is 0 Å². The first-order valence-electron chi connectivity index (χ1n) is 18.4. The number of hydrogen-bond acceptors (Lipinski definition) is 8. The fourth-order valence-electron chi connectivity index (χ4n) is 9.67. The van der Waals surface area contributed by atoms with Gasteiger partial charge in [0.15, 0.2) is 5.82 Å². The van der Waals surface area contributed by atoms with E-state index in [-0.39, 0.29) is 69.7 Å². The summed E-state index contributed by atoms with van der Waals surface area (Å²) in [6.45, 7) is 6.91. The van der Waals surface area contributed by atoms with Gasteiger partial charge in [-0.05, 0) is 64.5 Å². The van der Waals surface area contributed by atoms with Crippen LogP contribution in [0.25, 0.3) is 32.9 Å². The minimum Gasteiger partial charge on any atom is -0.461 e. The number of aromatic nitrogens is 3. The van der Waals surface area contributed by atoms with Gasteiger partial charge in [-0.2, -0.15) is 9.97 Å². The van der Waals surface area contributed by atoms with E-state index in [4.69, 9.17) is 20.9 Å². The normalized spacial score (nSPS) is 27.8. The molecular formula is C40H40F4N6O3. The molecule has 0 saturated carbocycles. The number of amides is 1. The molecule has 4 aromatic rings. The maximum absolute atomic E-state index is 17.3. The highest BCUT2D eigenvalue weighted by molar-refractivity contribution is 6.03. The van der Waals surface area contributed by atoms with Crippen molar-refractivity contribution in [3.05, 3.63) is 53.2 Å². The first kappa shape index (κ1) is 34.1. The van der Waals surface area contributed by atoms with Gasteiger partial charge in [-0.3, -0.25) is 9.80 Å². The summed E-state index contributed by atoms with van der Waals surface area (Å²) in [6.07, 6.45) is 5.83. The van der Waals surface area contributed by atoms with E-state index in [9.17, 15) is 9.18 Å². The highest BCUT2D eigenvalue weighted by Gasteiger charge is 2.53. The number of halogens is 4. The molecule has 0 radical (unpaired) electrons. The molecule has 7 heterocycles. The van der Waals surface area contributed by atoms with Gasteiger partial charge in [0.2, 0.25) is 0 Å². The second-order valence-corrected chi connectivity index (χ2v) is 16.2. The van der Waals surface area contributed by atoms with Gasteiger partial charge in [-0.1, -0.05) is 30.2 Å². The van der Waals surface area contributed by atoms with Crippen molar-refractivity contribution in [2.75, 3.05) is 31.1 Å². The molecule has 0 N–H and O–H groups in total. The molecule has 4 fully saturated rings. The summed E-state index contributed by atoms with van der Waals surface area (Å²) in [5, 5.41) is 0.951. The van der Waals surface area contributed by atoms with Gasteiger partial charge in [0.05, 0.1) is 40.3 Å². The maximum atomic E-state index is 17.3. The molecule has 13 heteroatoms. The van der Waals surface area contributed by atoms with E-state index >= 15 is 13.2 Å². The van der Waals surface area contributed by atoms with Crippen molar-refractivity contribution in [3.8, 4) is 29.6 Å². The first-order chi connectivity index (χ1) is 25.4. The summed E-state index contributed by atoms with van der Waals surface area (Å²) < 4.78 is 76.1. The fourth-order valence-corrected chi connectivity index (χ4v) is 9.67. The predicted molar refractivity (Wildman–Crippen MR) is 191 cm³/mol. The van der Waals surface area contributed by atoms with E-state index in [0.29, 0.717) is 37.7 Å². The summed E-state index contributed by atoms with van der Waals surface area (Å²) >= 11 is 0. The van der Waals surface area contributed by atoms with Crippen LogP contribution in [0.1, 0.15) is 76.7 Å². The lowest BCUT2D eigenvalue weighted by atomic mass is 9.95. The number of anilines is 1. The van der Waals surface area contributed by atoms with Crippen LogP contribution in [0.5, 0.6) is 6.01 Å². The third kappa shape index (κ3) is 5.38. The second kappa shape index (κ2) is 12.2. The van der Waals surface area contributed by atoms with Crippen molar-refractivity contribution < 1.29 is 31.8 Å². The largest absolute Gasteiger partial charge is 0.461 e.